The first-order valence-corrected chi connectivity index (χ1v) is 12.1. The van der Waals surface area contributed by atoms with Gasteiger partial charge in [-0.2, -0.15) is 0 Å². The van der Waals surface area contributed by atoms with Crippen molar-refractivity contribution in [1.82, 2.24) is 25.4 Å². The average Bonchev–Trinajstić information content (AvgIpc) is 3.35. The van der Waals surface area contributed by atoms with Crippen molar-refractivity contribution in [3.63, 3.8) is 0 Å². The molecule has 0 spiro atoms. The largest absolute Gasteiger partial charge is 0.353 e. The summed E-state index contributed by atoms with van der Waals surface area (Å²) in [6.07, 6.45) is 5.19. The quantitative estimate of drug-likeness (QED) is 0.545. The second kappa shape index (κ2) is 11.0. The Balaban J connectivity index is 1.67. The fourth-order valence-corrected chi connectivity index (χ4v) is 4.76. The zero-order valence-electron chi connectivity index (χ0n) is 18.2. The van der Waals surface area contributed by atoms with Crippen LogP contribution in [0.25, 0.3) is 0 Å². The smallest absolute Gasteiger partial charge is 0.253 e. The molecule has 0 saturated heterocycles. The molecule has 2 amide bonds. The molecule has 31 heavy (non-hydrogen) atoms. The summed E-state index contributed by atoms with van der Waals surface area (Å²) in [5.41, 5.74) is 0.429. The van der Waals surface area contributed by atoms with E-state index in [1.54, 1.807) is 24.3 Å². The van der Waals surface area contributed by atoms with E-state index in [0.717, 1.165) is 12.8 Å². The molecule has 7 nitrogen and oxygen atoms in total. The predicted octanol–water partition coefficient (Wildman–Crippen LogP) is 4.14. The van der Waals surface area contributed by atoms with E-state index in [1.165, 1.54) is 24.6 Å². The lowest BCUT2D eigenvalue weighted by molar-refractivity contribution is -0.119. The van der Waals surface area contributed by atoms with E-state index in [-0.39, 0.29) is 17.9 Å². The summed E-state index contributed by atoms with van der Waals surface area (Å²) in [7, 11) is 1.86. The van der Waals surface area contributed by atoms with Crippen molar-refractivity contribution in [1.29, 1.82) is 0 Å². The molecule has 2 N–H and O–H groups in total. The Kier molecular flexibility index (Phi) is 8.37. The van der Waals surface area contributed by atoms with Crippen LogP contribution in [0.15, 0.2) is 29.4 Å². The molecule has 9 heteroatoms. The molecule has 0 radical (unpaired) electrons. The van der Waals surface area contributed by atoms with Crippen molar-refractivity contribution in [3.05, 3.63) is 40.7 Å². The molecule has 1 heterocycles. The molecule has 1 aliphatic rings. The first-order chi connectivity index (χ1) is 14.8. The fourth-order valence-electron chi connectivity index (χ4n) is 3.81. The van der Waals surface area contributed by atoms with E-state index in [9.17, 15) is 9.59 Å². The molecule has 1 aromatic carbocycles. The van der Waals surface area contributed by atoms with Crippen LogP contribution in [0.4, 0.5) is 0 Å². The first kappa shape index (κ1) is 23.6. The lowest BCUT2D eigenvalue weighted by Gasteiger charge is -2.20. The minimum absolute atomic E-state index is 0.0206. The highest BCUT2D eigenvalue weighted by atomic mass is 35.5. The Hall–Kier alpha value is -2.06. The number of benzene rings is 1. The maximum atomic E-state index is 12.8. The molecular weight excluding hydrogens is 434 g/mol. The molecule has 0 aliphatic heterocycles. The lowest BCUT2D eigenvalue weighted by Crippen LogP contribution is -2.34. The Morgan fingerprint density at radius 2 is 1.94 bits per heavy atom. The second-order valence-corrected chi connectivity index (χ2v) is 9.72. The Morgan fingerprint density at radius 1 is 1.23 bits per heavy atom. The molecule has 1 aromatic heterocycles. The summed E-state index contributed by atoms with van der Waals surface area (Å²) < 4.78 is 1.85. The van der Waals surface area contributed by atoms with Gasteiger partial charge in [-0.05, 0) is 37.3 Å². The Labute approximate surface area is 192 Å². The van der Waals surface area contributed by atoms with Gasteiger partial charge in [0.1, 0.15) is 0 Å². The van der Waals surface area contributed by atoms with Crippen LogP contribution in [0.2, 0.25) is 5.02 Å². The molecule has 0 unspecified atom stereocenters. The summed E-state index contributed by atoms with van der Waals surface area (Å²) in [6.45, 7) is 4.18. The zero-order chi connectivity index (χ0) is 22.4. The first-order valence-electron chi connectivity index (χ1n) is 10.7. The molecule has 1 fully saturated rings. The third-order valence-corrected chi connectivity index (χ3v) is 6.71. The summed E-state index contributed by atoms with van der Waals surface area (Å²) in [5, 5.41) is 15.8. The van der Waals surface area contributed by atoms with Crippen molar-refractivity contribution < 1.29 is 9.59 Å². The number of amides is 2. The van der Waals surface area contributed by atoms with Gasteiger partial charge in [-0.1, -0.05) is 62.2 Å². The van der Waals surface area contributed by atoms with Crippen molar-refractivity contribution in [2.45, 2.75) is 63.2 Å². The zero-order valence-corrected chi connectivity index (χ0v) is 19.8. The molecule has 1 saturated carbocycles. The van der Waals surface area contributed by atoms with E-state index in [1.807, 2.05) is 11.6 Å². The van der Waals surface area contributed by atoms with Crippen LogP contribution >= 0.6 is 23.4 Å². The highest BCUT2D eigenvalue weighted by molar-refractivity contribution is 7.99. The van der Waals surface area contributed by atoms with Crippen molar-refractivity contribution in [2.24, 2.45) is 13.0 Å². The van der Waals surface area contributed by atoms with Crippen molar-refractivity contribution in [3.8, 4) is 0 Å². The topological polar surface area (TPSA) is 88.9 Å². The predicted molar refractivity (Wildman–Crippen MR) is 123 cm³/mol. The van der Waals surface area contributed by atoms with Crippen LogP contribution in [0.3, 0.4) is 0 Å². The Morgan fingerprint density at radius 3 is 2.61 bits per heavy atom. The summed E-state index contributed by atoms with van der Waals surface area (Å²) in [4.78, 5) is 25.1. The number of carbonyl (C=O) groups is 2. The number of nitrogens with one attached hydrogen (secondary N) is 2. The van der Waals surface area contributed by atoms with Crippen LogP contribution in [0, 0.1) is 5.92 Å². The maximum Gasteiger partial charge on any atom is 0.253 e. The van der Waals surface area contributed by atoms with Gasteiger partial charge in [-0.25, -0.2) is 0 Å². The highest BCUT2D eigenvalue weighted by Crippen LogP contribution is 2.25. The Bertz CT molecular complexity index is 911. The van der Waals surface area contributed by atoms with Crippen molar-refractivity contribution >= 4 is 35.2 Å². The maximum absolute atomic E-state index is 12.8. The fraction of sp³-hybridized carbons (Fsp3) is 0.545. The number of hydrogen-bond acceptors (Lipinski definition) is 5. The molecular formula is C22H30ClN5O2S. The van der Waals surface area contributed by atoms with Crippen LogP contribution < -0.4 is 10.6 Å². The lowest BCUT2D eigenvalue weighted by atomic mass is 10.0. The van der Waals surface area contributed by atoms with Gasteiger partial charge in [0.25, 0.3) is 5.91 Å². The number of aromatic nitrogens is 3. The number of carbonyl (C=O) groups excluding carboxylic acids is 2. The summed E-state index contributed by atoms with van der Waals surface area (Å²) >= 11 is 7.54. The van der Waals surface area contributed by atoms with Gasteiger partial charge >= 0.3 is 0 Å². The molecule has 1 atom stereocenters. The average molecular weight is 464 g/mol. The minimum Gasteiger partial charge on any atom is -0.353 e. The SMILES string of the molecule is CC(C)C[C@@H](NC(=O)c1ccccc1Cl)c1nnc(SCC(=O)NC2CCCC2)n1C. The standard InChI is InChI=1S/C22H30ClN5O2S/c1-14(2)12-18(25-21(30)16-10-6-7-11-17(16)23)20-26-27-22(28(20)3)31-13-19(29)24-15-8-4-5-9-15/h6-7,10-11,14-15,18H,4-5,8-9,12-13H2,1-3H3,(H,24,29)(H,25,30)/t18-/m1/s1. The summed E-state index contributed by atoms with van der Waals surface area (Å²) in [5.74, 6) is 1.06. The van der Waals surface area contributed by atoms with Gasteiger partial charge in [0.2, 0.25) is 5.91 Å². The van der Waals surface area contributed by atoms with Gasteiger partial charge in [-0.15, -0.1) is 10.2 Å². The van der Waals surface area contributed by atoms with E-state index < -0.39 is 0 Å². The van der Waals surface area contributed by atoms with Gasteiger partial charge in [0.15, 0.2) is 11.0 Å². The third kappa shape index (κ3) is 6.46. The van der Waals surface area contributed by atoms with Crippen LogP contribution in [-0.4, -0.2) is 38.4 Å². The molecule has 168 valence electrons. The minimum atomic E-state index is -0.317. The molecule has 3 rings (SSSR count). The van der Waals surface area contributed by atoms with Gasteiger partial charge in [0.05, 0.1) is 22.4 Å². The number of halogens is 1. The molecule has 1 aliphatic carbocycles. The number of nitrogens with zero attached hydrogens (tertiary/aromatic N) is 3. The van der Waals surface area contributed by atoms with Gasteiger partial charge < -0.3 is 15.2 Å². The molecule has 0 bridgehead atoms. The van der Waals surface area contributed by atoms with Crippen LogP contribution in [0.5, 0.6) is 0 Å². The van der Waals surface area contributed by atoms with Gasteiger partial charge in [-0.3, -0.25) is 9.59 Å². The monoisotopic (exact) mass is 463 g/mol. The normalized spacial score (nSPS) is 15.3. The highest BCUT2D eigenvalue weighted by Gasteiger charge is 2.25. The third-order valence-electron chi connectivity index (χ3n) is 5.36. The van der Waals surface area contributed by atoms with E-state index >= 15 is 0 Å². The number of thioether (sulfide) groups is 1. The molecule has 2 aromatic rings. The van der Waals surface area contributed by atoms with E-state index in [4.69, 9.17) is 11.6 Å². The van der Waals surface area contributed by atoms with Crippen LogP contribution in [0.1, 0.15) is 68.2 Å². The number of rotatable bonds is 9. The van der Waals surface area contributed by atoms with Gasteiger partial charge in [0, 0.05) is 13.1 Å². The van der Waals surface area contributed by atoms with Crippen molar-refractivity contribution in [2.75, 3.05) is 5.75 Å². The second-order valence-electron chi connectivity index (χ2n) is 8.37. The number of hydrogen-bond donors (Lipinski definition) is 2. The summed E-state index contributed by atoms with van der Waals surface area (Å²) in [6, 6.07) is 6.96. The van der Waals surface area contributed by atoms with E-state index in [2.05, 4.69) is 34.7 Å². The van der Waals surface area contributed by atoms with Crippen LogP contribution in [-0.2, 0) is 11.8 Å². The van der Waals surface area contributed by atoms with E-state index in [0.29, 0.717) is 45.7 Å².